The van der Waals surface area contributed by atoms with Crippen molar-refractivity contribution in [2.24, 2.45) is 0 Å². The number of benzene rings is 1. The summed E-state index contributed by atoms with van der Waals surface area (Å²) in [5.74, 6) is -0.540. The molecule has 3 aromatic heterocycles. The predicted molar refractivity (Wildman–Crippen MR) is 118 cm³/mol. The summed E-state index contributed by atoms with van der Waals surface area (Å²) >= 11 is 0. The topological polar surface area (TPSA) is 113 Å². The third-order valence-corrected chi connectivity index (χ3v) is 4.99. The first-order valence-corrected chi connectivity index (χ1v) is 9.67. The zero-order chi connectivity index (χ0) is 23.5. The van der Waals surface area contributed by atoms with Gasteiger partial charge in [0.25, 0.3) is 5.91 Å². The Balaban J connectivity index is 1.72. The highest BCUT2D eigenvalue weighted by Crippen LogP contribution is 2.25. The lowest BCUT2D eigenvalue weighted by Crippen LogP contribution is -2.27. The van der Waals surface area contributed by atoms with E-state index in [-0.39, 0.29) is 11.1 Å². The third-order valence-electron chi connectivity index (χ3n) is 4.99. The molecule has 0 atom stereocenters. The van der Waals surface area contributed by atoms with Crippen LogP contribution in [-0.4, -0.2) is 40.5 Å². The molecule has 0 bridgehead atoms. The standard InChI is InChI=1S/C23H17FN6O3/c1-29(17-6-4-16(24)5-7-17)22(31)18-13-30-19(12-27-21(30)9-15(18)10-25)14-3-8-20(26-11-14)28-23(32)33-2/h3-9,11-13H,1-2H3,(H,26,28,32). The average Bonchev–Trinajstić information content (AvgIpc) is 3.26. The molecule has 164 valence electrons. The van der Waals surface area contributed by atoms with Crippen LogP contribution in [0.1, 0.15) is 15.9 Å². The number of amides is 2. The van der Waals surface area contributed by atoms with Gasteiger partial charge in [0.05, 0.1) is 30.1 Å². The van der Waals surface area contributed by atoms with Crippen molar-refractivity contribution in [2.75, 3.05) is 24.4 Å². The van der Waals surface area contributed by atoms with Crippen LogP contribution in [0.15, 0.2) is 61.1 Å². The summed E-state index contributed by atoms with van der Waals surface area (Å²) in [6.07, 6.45) is 4.04. The van der Waals surface area contributed by atoms with E-state index in [0.29, 0.717) is 28.4 Å². The number of aromatic nitrogens is 3. The predicted octanol–water partition coefficient (Wildman–Crippen LogP) is 3.86. The van der Waals surface area contributed by atoms with Gasteiger partial charge in [-0.3, -0.25) is 14.5 Å². The molecule has 0 fully saturated rings. The van der Waals surface area contributed by atoms with E-state index in [1.807, 2.05) is 6.07 Å². The molecule has 2 amide bonds. The Labute approximate surface area is 187 Å². The van der Waals surface area contributed by atoms with Crippen LogP contribution >= 0.6 is 0 Å². The average molecular weight is 444 g/mol. The molecule has 0 radical (unpaired) electrons. The molecule has 0 saturated heterocycles. The number of fused-ring (bicyclic) bond motifs is 1. The molecule has 0 aliphatic heterocycles. The second kappa shape index (κ2) is 8.76. The number of nitriles is 1. The highest BCUT2D eigenvalue weighted by atomic mass is 19.1. The summed E-state index contributed by atoms with van der Waals surface area (Å²) < 4.78 is 19.5. The molecule has 9 nitrogen and oxygen atoms in total. The van der Waals surface area contributed by atoms with Crippen molar-refractivity contribution in [3.63, 3.8) is 0 Å². The van der Waals surface area contributed by atoms with Gasteiger partial charge in [0.15, 0.2) is 0 Å². The summed E-state index contributed by atoms with van der Waals surface area (Å²) in [6, 6.07) is 12.4. The maximum atomic E-state index is 13.3. The van der Waals surface area contributed by atoms with E-state index in [1.54, 1.807) is 42.2 Å². The Kier molecular flexibility index (Phi) is 5.69. The number of ether oxygens (including phenoxy) is 1. The smallest absolute Gasteiger partial charge is 0.412 e. The molecule has 1 N–H and O–H groups in total. The number of pyridine rings is 2. The Morgan fingerprint density at radius 3 is 2.55 bits per heavy atom. The molecular weight excluding hydrogens is 427 g/mol. The monoisotopic (exact) mass is 444 g/mol. The van der Waals surface area contributed by atoms with Gasteiger partial charge in [0, 0.05) is 30.7 Å². The summed E-state index contributed by atoms with van der Waals surface area (Å²) in [4.78, 5) is 34.4. The lowest BCUT2D eigenvalue weighted by atomic mass is 10.1. The molecule has 3 heterocycles. The molecule has 0 aliphatic rings. The number of halogens is 1. The molecular formula is C23H17FN6O3. The first-order chi connectivity index (χ1) is 15.9. The Bertz CT molecular complexity index is 1390. The van der Waals surface area contributed by atoms with Crippen LogP contribution in [0.2, 0.25) is 0 Å². The number of hydrogen-bond acceptors (Lipinski definition) is 6. The molecule has 0 unspecified atom stereocenters. The van der Waals surface area contributed by atoms with Crippen LogP contribution < -0.4 is 10.2 Å². The second-order valence-electron chi connectivity index (χ2n) is 6.97. The lowest BCUT2D eigenvalue weighted by Gasteiger charge is -2.18. The molecule has 4 aromatic rings. The van der Waals surface area contributed by atoms with Gasteiger partial charge in [-0.25, -0.2) is 19.2 Å². The van der Waals surface area contributed by atoms with Crippen LogP contribution in [0.5, 0.6) is 0 Å². The second-order valence-corrected chi connectivity index (χ2v) is 6.97. The Morgan fingerprint density at radius 2 is 1.91 bits per heavy atom. The molecule has 33 heavy (non-hydrogen) atoms. The summed E-state index contributed by atoms with van der Waals surface area (Å²) in [7, 11) is 2.80. The maximum absolute atomic E-state index is 13.3. The number of carbonyl (C=O) groups excluding carboxylic acids is 2. The lowest BCUT2D eigenvalue weighted by molar-refractivity contribution is 0.0992. The van der Waals surface area contributed by atoms with Gasteiger partial charge in [-0.2, -0.15) is 5.26 Å². The number of hydrogen-bond donors (Lipinski definition) is 1. The number of imidazole rings is 1. The maximum Gasteiger partial charge on any atom is 0.412 e. The zero-order valence-electron chi connectivity index (χ0n) is 17.6. The molecule has 10 heteroatoms. The van der Waals surface area contributed by atoms with E-state index in [2.05, 4.69) is 20.0 Å². The van der Waals surface area contributed by atoms with E-state index >= 15 is 0 Å². The van der Waals surface area contributed by atoms with E-state index in [9.17, 15) is 19.2 Å². The van der Waals surface area contributed by atoms with Gasteiger partial charge in [-0.15, -0.1) is 0 Å². The van der Waals surface area contributed by atoms with Crippen molar-refractivity contribution in [2.45, 2.75) is 0 Å². The summed E-state index contributed by atoms with van der Waals surface area (Å²) in [6.45, 7) is 0. The zero-order valence-corrected chi connectivity index (χ0v) is 17.6. The van der Waals surface area contributed by atoms with Gasteiger partial charge in [0.1, 0.15) is 23.4 Å². The van der Waals surface area contributed by atoms with Crippen LogP contribution in [0, 0.1) is 17.1 Å². The molecule has 1 aromatic carbocycles. The highest BCUT2D eigenvalue weighted by Gasteiger charge is 2.20. The fourth-order valence-electron chi connectivity index (χ4n) is 3.24. The van der Waals surface area contributed by atoms with Crippen molar-refractivity contribution in [3.8, 4) is 17.3 Å². The number of methoxy groups -OCH3 is 1. The minimum absolute atomic E-state index is 0.160. The fraction of sp³-hybridized carbons (Fsp3) is 0.0870. The first kappa shape index (κ1) is 21.5. The van der Waals surface area contributed by atoms with Crippen molar-refractivity contribution in [1.82, 2.24) is 14.4 Å². The van der Waals surface area contributed by atoms with E-state index in [1.165, 1.54) is 42.3 Å². The Morgan fingerprint density at radius 1 is 1.15 bits per heavy atom. The van der Waals surface area contributed by atoms with Gasteiger partial charge < -0.3 is 9.64 Å². The highest BCUT2D eigenvalue weighted by molar-refractivity contribution is 6.07. The molecule has 4 rings (SSSR count). The fourth-order valence-corrected chi connectivity index (χ4v) is 3.24. The largest absolute Gasteiger partial charge is 0.453 e. The van der Waals surface area contributed by atoms with Crippen LogP contribution in [0.3, 0.4) is 0 Å². The number of nitrogens with one attached hydrogen (secondary N) is 1. The number of anilines is 2. The Hall–Kier alpha value is -4.78. The summed E-state index contributed by atoms with van der Waals surface area (Å²) in [5, 5.41) is 12.1. The normalized spacial score (nSPS) is 10.5. The first-order valence-electron chi connectivity index (χ1n) is 9.67. The number of nitrogens with zero attached hydrogens (tertiary/aromatic N) is 5. The van der Waals surface area contributed by atoms with Crippen molar-refractivity contribution in [3.05, 3.63) is 78.0 Å². The van der Waals surface area contributed by atoms with Crippen molar-refractivity contribution in [1.29, 1.82) is 5.26 Å². The van der Waals surface area contributed by atoms with Crippen LogP contribution in [-0.2, 0) is 4.74 Å². The molecule has 0 spiro atoms. The quantitative estimate of drug-likeness (QED) is 0.511. The van der Waals surface area contributed by atoms with Crippen LogP contribution in [0.25, 0.3) is 16.9 Å². The molecule has 0 aliphatic carbocycles. The van der Waals surface area contributed by atoms with Crippen LogP contribution in [0.4, 0.5) is 20.7 Å². The van der Waals surface area contributed by atoms with Crippen molar-refractivity contribution < 1.29 is 18.7 Å². The van der Waals surface area contributed by atoms with Gasteiger partial charge in [0.2, 0.25) is 0 Å². The van der Waals surface area contributed by atoms with E-state index in [4.69, 9.17) is 0 Å². The van der Waals surface area contributed by atoms with E-state index < -0.39 is 17.8 Å². The van der Waals surface area contributed by atoms with Gasteiger partial charge in [-0.1, -0.05) is 0 Å². The number of rotatable bonds is 4. The minimum Gasteiger partial charge on any atom is -0.453 e. The van der Waals surface area contributed by atoms with E-state index in [0.717, 1.165) is 0 Å². The molecule has 0 saturated carbocycles. The van der Waals surface area contributed by atoms with Crippen molar-refractivity contribution >= 4 is 29.2 Å². The SMILES string of the molecule is COC(=O)Nc1ccc(-c2cnc3cc(C#N)c(C(=O)N(C)c4ccc(F)cc4)cn23)cn1. The summed E-state index contributed by atoms with van der Waals surface area (Å²) in [5.41, 5.74) is 2.58. The number of carbonyl (C=O) groups is 2. The van der Waals surface area contributed by atoms with Gasteiger partial charge >= 0.3 is 6.09 Å². The minimum atomic E-state index is -0.637. The third kappa shape index (κ3) is 4.20. The van der Waals surface area contributed by atoms with Gasteiger partial charge in [-0.05, 0) is 42.5 Å².